The van der Waals surface area contributed by atoms with E-state index in [0.29, 0.717) is 18.7 Å². The van der Waals surface area contributed by atoms with Crippen molar-refractivity contribution in [2.24, 2.45) is 0 Å². The van der Waals surface area contributed by atoms with Gasteiger partial charge in [0.2, 0.25) is 10.0 Å². The molecule has 0 radical (unpaired) electrons. The number of benzene rings is 2. The van der Waals surface area contributed by atoms with Gasteiger partial charge in [-0.25, -0.2) is 13.1 Å². The molecule has 0 aliphatic rings. The molecule has 25 heavy (non-hydrogen) atoms. The number of amides is 1. The normalized spacial score (nSPS) is 11.2. The average Bonchev–Trinajstić information content (AvgIpc) is 2.64. The third-order valence-electron chi connectivity index (χ3n) is 3.74. The van der Waals surface area contributed by atoms with Gasteiger partial charge >= 0.3 is 0 Å². The minimum Gasteiger partial charge on any atom is -0.352 e. The number of hydrogen-bond donors (Lipinski definition) is 2. The maximum atomic E-state index is 12.1. The molecule has 0 bridgehead atoms. The Morgan fingerprint density at radius 3 is 2.28 bits per heavy atom. The first-order valence-corrected chi connectivity index (χ1v) is 9.93. The Morgan fingerprint density at radius 1 is 0.960 bits per heavy atom. The van der Waals surface area contributed by atoms with E-state index in [-0.39, 0.29) is 10.8 Å². The van der Waals surface area contributed by atoms with Gasteiger partial charge in [0.25, 0.3) is 5.91 Å². The lowest BCUT2D eigenvalue weighted by molar-refractivity contribution is 0.0953. The summed E-state index contributed by atoms with van der Waals surface area (Å²) in [5, 5.41) is 2.86. The van der Waals surface area contributed by atoms with Crippen LogP contribution in [0.4, 0.5) is 0 Å². The number of nitrogens with one attached hydrogen (secondary N) is 2. The third kappa shape index (κ3) is 5.99. The number of carbonyl (C=O) groups is 1. The van der Waals surface area contributed by atoms with E-state index < -0.39 is 10.0 Å². The van der Waals surface area contributed by atoms with Crippen LogP contribution in [-0.4, -0.2) is 27.4 Å². The van der Waals surface area contributed by atoms with Crippen molar-refractivity contribution in [3.63, 3.8) is 0 Å². The van der Waals surface area contributed by atoms with Gasteiger partial charge in [-0.3, -0.25) is 4.79 Å². The van der Waals surface area contributed by atoms with Gasteiger partial charge in [0.05, 0.1) is 4.90 Å². The molecule has 6 heteroatoms. The molecule has 0 atom stereocenters. The lowest BCUT2D eigenvalue weighted by atomic mass is 10.1. The van der Waals surface area contributed by atoms with Crippen LogP contribution < -0.4 is 10.0 Å². The summed E-state index contributed by atoms with van der Waals surface area (Å²) in [7, 11) is -3.50. The molecule has 2 aromatic rings. The highest BCUT2D eigenvalue weighted by molar-refractivity contribution is 7.89. The Labute approximate surface area is 149 Å². The molecule has 2 N–H and O–H groups in total. The van der Waals surface area contributed by atoms with Crippen LogP contribution in [0.25, 0.3) is 0 Å². The van der Waals surface area contributed by atoms with E-state index in [2.05, 4.69) is 22.2 Å². The zero-order valence-electron chi connectivity index (χ0n) is 14.4. The number of aryl methyl sites for hydroxylation is 1. The molecule has 0 aliphatic heterocycles. The maximum absolute atomic E-state index is 12.1. The van der Waals surface area contributed by atoms with Crippen molar-refractivity contribution in [1.29, 1.82) is 0 Å². The first-order valence-electron chi connectivity index (χ1n) is 8.45. The van der Waals surface area contributed by atoms with Gasteiger partial charge < -0.3 is 5.32 Å². The fourth-order valence-corrected chi connectivity index (χ4v) is 3.48. The van der Waals surface area contributed by atoms with Gasteiger partial charge in [0, 0.05) is 18.7 Å². The fourth-order valence-electron chi connectivity index (χ4n) is 2.35. The highest BCUT2D eigenvalue weighted by Crippen LogP contribution is 2.10. The van der Waals surface area contributed by atoms with Crippen molar-refractivity contribution in [2.75, 3.05) is 13.1 Å². The monoisotopic (exact) mass is 360 g/mol. The molecule has 0 saturated heterocycles. The van der Waals surface area contributed by atoms with E-state index in [0.717, 1.165) is 19.3 Å². The lowest BCUT2D eigenvalue weighted by Gasteiger charge is -2.08. The second-order valence-corrected chi connectivity index (χ2v) is 7.53. The third-order valence-corrected chi connectivity index (χ3v) is 5.22. The molecular formula is C19H24N2O3S. The number of sulfonamides is 1. The average molecular weight is 360 g/mol. The predicted molar refractivity (Wildman–Crippen MR) is 99.0 cm³/mol. The van der Waals surface area contributed by atoms with Crippen LogP contribution in [0.3, 0.4) is 0 Å². The van der Waals surface area contributed by atoms with E-state index >= 15 is 0 Å². The highest BCUT2D eigenvalue weighted by atomic mass is 32.2. The van der Waals surface area contributed by atoms with E-state index in [1.807, 2.05) is 25.1 Å². The lowest BCUT2D eigenvalue weighted by Crippen LogP contribution is -2.26. The fraction of sp³-hybridized carbons (Fsp3) is 0.316. The molecule has 1 amide bonds. The summed E-state index contributed by atoms with van der Waals surface area (Å²) in [5.41, 5.74) is 1.69. The number of hydrogen-bond acceptors (Lipinski definition) is 3. The highest BCUT2D eigenvalue weighted by Gasteiger charge is 2.13. The smallest absolute Gasteiger partial charge is 0.251 e. The molecule has 2 aromatic carbocycles. The zero-order valence-corrected chi connectivity index (χ0v) is 15.2. The summed E-state index contributed by atoms with van der Waals surface area (Å²) in [6.45, 7) is 2.87. The molecule has 0 saturated carbocycles. The van der Waals surface area contributed by atoms with Gasteiger partial charge in [0.15, 0.2) is 0 Å². The van der Waals surface area contributed by atoms with Crippen LogP contribution in [-0.2, 0) is 16.4 Å². The Balaban J connectivity index is 1.84. The topological polar surface area (TPSA) is 75.3 Å². The second-order valence-electron chi connectivity index (χ2n) is 5.77. The minimum atomic E-state index is -3.50. The number of rotatable bonds is 9. The minimum absolute atomic E-state index is 0.168. The molecule has 0 fully saturated rings. The summed E-state index contributed by atoms with van der Waals surface area (Å²) in [6.07, 6.45) is 2.48. The molecule has 0 aromatic heterocycles. The quantitative estimate of drug-likeness (QED) is 0.675. The standard InChI is InChI=1S/C19H24N2O3S/c1-2-14-21-25(23,24)18-12-10-17(11-13-18)19(22)20-15-6-9-16-7-4-3-5-8-16/h3-5,7-8,10-13,21H,2,6,9,14-15H2,1H3,(H,20,22). The van der Waals surface area contributed by atoms with Crippen LogP contribution in [0.15, 0.2) is 59.5 Å². The largest absolute Gasteiger partial charge is 0.352 e. The summed E-state index contributed by atoms with van der Waals surface area (Å²) in [6, 6.07) is 16.1. The van der Waals surface area contributed by atoms with Crippen molar-refractivity contribution >= 4 is 15.9 Å². The van der Waals surface area contributed by atoms with Crippen LogP contribution >= 0.6 is 0 Å². The summed E-state index contributed by atoms with van der Waals surface area (Å²) in [4.78, 5) is 12.3. The molecule has 0 spiro atoms. The van der Waals surface area contributed by atoms with Gasteiger partial charge in [-0.05, 0) is 49.1 Å². The number of carbonyl (C=O) groups excluding carboxylic acids is 1. The zero-order chi connectivity index (χ0) is 18.1. The van der Waals surface area contributed by atoms with Gasteiger partial charge in [-0.1, -0.05) is 37.3 Å². The molecule has 134 valence electrons. The predicted octanol–water partition coefficient (Wildman–Crippen LogP) is 2.74. The Hall–Kier alpha value is -2.18. The molecule has 0 heterocycles. The van der Waals surface area contributed by atoms with Gasteiger partial charge in [0.1, 0.15) is 0 Å². The van der Waals surface area contributed by atoms with Crippen LogP contribution in [0.1, 0.15) is 35.7 Å². The second kappa shape index (κ2) is 9.34. The van der Waals surface area contributed by atoms with E-state index in [9.17, 15) is 13.2 Å². The Morgan fingerprint density at radius 2 is 1.64 bits per heavy atom. The van der Waals surface area contributed by atoms with E-state index in [1.165, 1.54) is 29.8 Å². The molecule has 0 aliphatic carbocycles. The maximum Gasteiger partial charge on any atom is 0.251 e. The van der Waals surface area contributed by atoms with Crippen molar-refractivity contribution in [3.8, 4) is 0 Å². The van der Waals surface area contributed by atoms with Crippen molar-refractivity contribution in [2.45, 2.75) is 31.1 Å². The summed E-state index contributed by atoms with van der Waals surface area (Å²) >= 11 is 0. The summed E-state index contributed by atoms with van der Waals surface area (Å²) < 4.78 is 26.5. The Kier molecular flexibility index (Phi) is 7.16. The van der Waals surface area contributed by atoms with Crippen LogP contribution in [0.2, 0.25) is 0 Å². The van der Waals surface area contributed by atoms with E-state index in [4.69, 9.17) is 0 Å². The summed E-state index contributed by atoms with van der Waals surface area (Å²) in [5.74, 6) is -0.196. The van der Waals surface area contributed by atoms with E-state index in [1.54, 1.807) is 0 Å². The molecule has 5 nitrogen and oxygen atoms in total. The van der Waals surface area contributed by atoms with Crippen molar-refractivity contribution in [1.82, 2.24) is 10.0 Å². The molecular weight excluding hydrogens is 336 g/mol. The first-order chi connectivity index (χ1) is 12.0. The van der Waals surface area contributed by atoms with Crippen molar-refractivity contribution < 1.29 is 13.2 Å². The Bertz CT molecular complexity index is 772. The SMILES string of the molecule is CCCNS(=O)(=O)c1ccc(C(=O)NCCCc2ccccc2)cc1. The van der Waals surface area contributed by atoms with Crippen molar-refractivity contribution in [3.05, 3.63) is 65.7 Å². The first kappa shape index (κ1) is 19.1. The molecule has 2 rings (SSSR count). The van der Waals surface area contributed by atoms with Gasteiger partial charge in [-0.2, -0.15) is 0 Å². The van der Waals surface area contributed by atoms with Crippen LogP contribution in [0.5, 0.6) is 0 Å². The van der Waals surface area contributed by atoms with Crippen LogP contribution in [0, 0.1) is 0 Å². The molecule has 0 unspecified atom stereocenters. The van der Waals surface area contributed by atoms with Gasteiger partial charge in [-0.15, -0.1) is 0 Å².